The Kier molecular flexibility index (Phi) is 5.11. The number of carbonyl (C=O) groups is 1. The topological polar surface area (TPSA) is 59.0 Å². The number of benzene rings is 1. The number of hydrogen-bond acceptors (Lipinski definition) is 3. The summed E-state index contributed by atoms with van der Waals surface area (Å²) in [7, 11) is 1.92. The molecule has 2 N–H and O–H groups in total. The molecule has 0 aliphatic rings. The molecule has 0 spiro atoms. The number of carbonyl (C=O) groups excluding carboxylic acids is 1. The second-order valence-electron chi connectivity index (χ2n) is 5.25. The van der Waals surface area contributed by atoms with Crippen molar-refractivity contribution in [1.29, 1.82) is 0 Å². The summed E-state index contributed by atoms with van der Waals surface area (Å²) < 4.78 is 1.82. The summed E-state index contributed by atoms with van der Waals surface area (Å²) >= 11 is 0. The van der Waals surface area contributed by atoms with Crippen LogP contribution in [0.25, 0.3) is 0 Å². The maximum Gasteiger partial charge on any atom is 0.221 e. The number of nitrogens with one attached hydrogen (secondary N) is 2. The molecule has 0 saturated heterocycles. The zero-order valence-corrected chi connectivity index (χ0v) is 12.8. The number of rotatable bonds is 6. The van der Waals surface area contributed by atoms with Gasteiger partial charge in [0.1, 0.15) is 0 Å². The van der Waals surface area contributed by atoms with E-state index in [4.69, 9.17) is 0 Å². The Bertz CT molecular complexity index is 606. The van der Waals surface area contributed by atoms with Crippen LogP contribution in [0.15, 0.2) is 36.7 Å². The van der Waals surface area contributed by atoms with Crippen molar-refractivity contribution in [2.75, 3.05) is 11.9 Å². The molecule has 5 nitrogen and oxygen atoms in total. The average Bonchev–Trinajstić information content (AvgIpc) is 2.84. The first-order chi connectivity index (χ1) is 10.0. The van der Waals surface area contributed by atoms with Gasteiger partial charge in [0, 0.05) is 31.9 Å². The molecule has 1 aromatic heterocycles. The van der Waals surface area contributed by atoms with E-state index in [1.807, 2.05) is 42.3 Å². The molecule has 2 rings (SSSR count). The van der Waals surface area contributed by atoms with Gasteiger partial charge in [-0.3, -0.25) is 9.48 Å². The second-order valence-corrected chi connectivity index (χ2v) is 5.25. The normalized spacial score (nSPS) is 12.1. The van der Waals surface area contributed by atoms with Crippen LogP contribution in [0.3, 0.4) is 0 Å². The molecule has 0 fully saturated rings. The minimum absolute atomic E-state index is 0.0515. The van der Waals surface area contributed by atoms with Gasteiger partial charge in [0.25, 0.3) is 0 Å². The lowest BCUT2D eigenvalue weighted by Gasteiger charge is -2.15. The number of aryl methyl sites for hydroxylation is 1. The van der Waals surface area contributed by atoms with Crippen LogP contribution in [0, 0.1) is 0 Å². The second kappa shape index (κ2) is 7.04. The molecule has 0 aliphatic heterocycles. The zero-order chi connectivity index (χ0) is 15.2. The van der Waals surface area contributed by atoms with Gasteiger partial charge in [-0.15, -0.1) is 0 Å². The molecule has 0 bridgehead atoms. The highest BCUT2D eigenvalue weighted by atomic mass is 16.1. The summed E-state index contributed by atoms with van der Waals surface area (Å²) in [5.41, 5.74) is 3.22. The van der Waals surface area contributed by atoms with Crippen LogP contribution in [-0.2, 0) is 18.3 Å². The van der Waals surface area contributed by atoms with E-state index >= 15 is 0 Å². The van der Waals surface area contributed by atoms with Crippen LogP contribution in [0.4, 0.5) is 5.69 Å². The molecule has 1 amide bonds. The molecule has 112 valence electrons. The van der Waals surface area contributed by atoms with Crippen molar-refractivity contribution in [2.45, 2.75) is 26.3 Å². The monoisotopic (exact) mass is 286 g/mol. The highest BCUT2D eigenvalue weighted by Gasteiger charge is 2.06. The summed E-state index contributed by atoms with van der Waals surface area (Å²) in [6.45, 7) is 4.52. The van der Waals surface area contributed by atoms with E-state index in [1.54, 1.807) is 0 Å². The van der Waals surface area contributed by atoms with Crippen molar-refractivity contribution in [3.05, 3.63) is 47.8 Å². The molecular formula is C16H22N4O. The Hall–Kier alpha value is -2.14. The lowest BCUT2D eigenvalue weighted by molar-refractivity contribution is -0.114. The first-order valence-corrected chi connectivity index (χ1v) is 7.13. The van der Waals surface area contributed by atoms with E-state index in [0.29, 0.717) is 0 Å². The predicted molar refractivity (Wildman–Crippen MR) is 84.1 cm³/mol. The first kappa shape index (κ1) is 15.3. The molecule has 21 heavy (non-hydrogen) atoms. The van der Waals surface area contributed by atoms with Gasteiger partial charge in [0.15, 0.2) is 0 Å². The fraction of sp³-hybridized carbons (Fsp3) is 0.375. The van der Waals surface area contributed by atoms with Crippen LogP contribution in [0.2, 0.25) is 0 Å². The standard InChI is InChI=1S/C16H22N4O/c1-12(17-8-7-14-10-18-20(3)11-14)15-5-4-6-16(9-15)19-13(2)21/h4-6,9-12,17H,7-8H2,1-3H3,(H,19,21). The Morgan fingerprint density at radius 2 is 2.24 bits per heavy atom. The fourth-order valence-corrected chi connectivity index (χ4v) is 2.24. The smallest absolute Gasteiger partial charge is 0.221 e. The van der Waals surface area contributed by atoms with E-state index in [9.17, 15) is 4.79 Å². The lowest BCUT2D eigenvalue weighted by atomic mass is 10.1. The molecule has 1 atom stereocenters. The largest absolute Gasteiger partial charge is 0.326 e. The van der Waals surface area contributed by atoms with Crippen LogP contribution >= 0.6 is 0 Å². The van der Waals surface area contributed by atoms with Crippen LogP contribution in [0.5, 0.6) is 0 Å². The highest BCUT2D eigenvalue weighted by molar-refractivity contribution is 5.88. The zero-order valence-electron chi connectivity index (χ0n) is 12.8. The molecule has 1 unspecified atom stereocenters. The molecule has 1 aromatic carbocycles. The Balaban J connectivity index is 1.87. The minimum atomic E-state index is -0.0515. The van der Waals surface area contributed by atoms with Crippen molar-refractivity contribution in [1.82, 2.24) is 15.1 Å². The lowest BCUT2D eigenvalue weighted by Crippen LogP contribution is -2.21. The average molecular weight is 286 g/mol. The molecule has 2 aromatic rings. The number of nitrogens with zero attached hydrogens (tertiary/aromatic N) is 2. The predicted octanol–water partition coefficient (Wildman–Crippen LogP) is 2.27. The maximum absolute atomic E-state index is 11.1. The summed E-state index contributed by atoms with van der Waals surface area (Å²) in [5, 5.41) is 10.5. The van der Waals surface area contributed by atoms with Crippen LogP contribution in [-0.4, -0.2) is 22.2 Å². The van der Waals surface area contributed by atoms with Gasteiger partial charge in [0.05, 0.1) is 6.20 Å². The Labute approximate surface area is 125 Å². The molecule has 0 saturated carbocycles. The third-order valence-electron chi connectivity index (χ3n) is 3.33. The third-order valence-corrected chi connectivity index (χ3v) is 3.33. The fourth-order valence-electron chi connectivity index (χ4n) is 2.24. The van der Waals surface area contributed by atoms with Gasteiger partial charge in [-0.1, -0.05) is 12.1 Å². The molecule has 0 radical (unpaired) electrons. The summed E-state index contributed by atoms with van der Waals surface area (Å²) in [4.78, 5) is 11.1. The van der Waals surface area contributed by atoms with E-state index in [2.05, 4.69) is 28.7 Å². The van der Waals surface area contributed by atoms with Gasteiger partial charge in [-0.25, -0.2) is 0 Å². The minimum Gasteiger partial charge on any atom is -0.326 e. The van der Waals surface area contributed by atoms with E-state index in [1.165, 1.54) is 12.5 Å². The summed E-state index contributed by atoms with van der Waals surface area (Å²) in [5.74, 6) is -0.0515. The highest BCUT2D eigenvalue weighted by Crippen LogP contribution is 2.17. The van der Waals surface area contributed by atoms with Crippen molar-refractivity contribution in [3.63, 3.8) is 0 Å². The van der Waals surface area contributed by atoms with Gasteiger partial charge in [-0.05, 0) is 43.1 Å². The quantitative estimate of drug-likeness (QED) is 0.856. The molecule has 0 aliphatic carbocycles. The van der Waals surface area contributed by atoms with Crippen molar-refractivity contribution in [2.24, 2.45) is 7.05 Å². The molecular weight excluding hydrogens is 264 g/mol. The number of aromatic nitrogens is 2. The van der Waals surface area contributed by atoms with E-state index in [-0.39, 0.29) is 11.9 Å². The summed E-state index contributed by atoms with van der Waals surface area (Å²) in [6.07, 6.45) is 4.87. The van der Waals surface area contributed by atoms with Crippen molar-refractivity contribution >= 4 is 11.6 Å². The van der Waals surface area contributed by atoms with E-state index < -0.39 is 0 Å². The third kappa shape index (κ3) is 4.72. The van der Waals surface area contributed by atoms with Crippen LogP contribution < -0.4 is 10.6 Å². The van der Waals surface area contributed by atoms with Crippen molar-refractivity contribution in [3.8, 4) is 0 Å². The number of hydrogen-bond donors (Lipinski definition) is 2. The SMILES string of the molecule is CC(=O)Nc1cccc(C(C)NCCc2cnn(C)c2)c1. The van der Waals surface area contributed by atoms with E-state index in [0.717, 1.165) is 24.2 Å². The molecule has 1 heterocycles. The summed E-state index contributed by atoms with van der Waals surface area (Å²) in [6, 6.07) is 8.15. The number of amides is 1. The van der Waals surface area contributed by atoms with Gasteiger partial charge in [-0.2, -0.15) is 5.10 Å². The Morgan fingerprint density at radius 3 is 2.90 bits per heavy atom. The van der Waals surface area contributed by atoms with Gasteiger partial charge < -0.3 is 10.6 Å². The maximum atomic E-state index is 11.1. The number of anilines is 1. The Morgan fingerprint density at radius 1 is 1.43 bits per heavy atom. The van der Waals surface area contributed by atoms with Crippen molar-refractivity contribution < 1.29 is 4.79 Å². The molecule has 5 heteroatoms. The first-order valence-electron chi connectivity index (χ1n) is 7.13. The van der Waals surface area contributed by atoms with Gasteiger partial charge >= 0.3 is 0 Å². The van der Waals surface area contributed by atoms with Crippen LogP contribution in [0.1, 0.15) is 31.0 Å². The van der Waals surface area contributed by atoms with Gasteiger partial charge in [0.2, 0.25) is 5.91 Å².